The standard InChI is InChI=1S/C17H24FN3O2/c1-2-8-21-9-4-5-13(12-21)11-19-16(22)17(23)20-15-7-3-6-14(18)10-15/h3,6-7,10,13H,2,4-5,8-9,11-12H2,1H3,(H,19,22)(H,20,23)/t13-/m0/s1. The zero-order valence-electron chi connectivity index (χ0n) is 13.5. The molecule has 2 rings (SSSR count). The number of amides is 2. The van der Waals surface area contributed by atoms with Crippen molar-refractivity contribution < 1.29 is 14.0 Å². The van der Waals surface area contributed by atoms with E-state index in [1.54, 1.807) is 0 Å². The molecule has 1 aliphatic rings. The smallest absolute Gasteiger partial charge is 0.313 e. The molecule has 126 valence electrons. The Kier molecular flexibility index (Phi) is 6.52. The predicted octanol–water partition coefficient (Wildman–Crippen LogP) is 2.00. The quantitative estimate of drug-likeness (QED) is 0.816. The molecule has 0 radical (unpaired) electrons. The first-order valence-electron chi connectivity index (χ1n) is 8.15. The van der Waals surface area contributed by atoms with Gasteiger partial charge in [-0.3, -0.25) is 9.59 Å². The van der Waals surface area contributed by atoms with Crippen molar-refractivity contribution in [3.05, 3.63) is 30.1 Å². The summed E-state index contributed by atoms with van der Waals surface area (Å²) in [6.07, 6.45) is 3.30. The summed E-state index contributed by atoms with van der Waals surface area (Å²) in [7, 11) is 0. The number of benzene rings is 1. The average Bonchev–Trinajstić information content (AvgIpc) is 2.53. The van der Waals surface area contributed by atoms with Crippen LogP contribution in [0.1, 0.15) is 26.2 Å². The fourth-order valence-corrected chi connectivity index (χ4v) is 2.91. The van der Waals surface area contributed by atoms with Gasteiger partial charge in [-0.05, 0) is 56.5 Å². The molecule has 1 aromatic carbocycles. The van der Waals surface area contributed by atoms with E-state index in [2.05, 4.69) is 22.5 Å². The summed E-state index contributed by atoms with van der Waals surface area (Å²) in [6.45, 7) is 5.79. The van der Waals surface area contributed by atoms with Gasteiger partial charge in [0.1, 0.15) is 5.82 Å². The molecule has 1 heterocycles. The lowest BCUT2D eigenvalue weighted by Gasteiger charge is -2.32. The average molecular weight is 321 g/mol. The minimum Gasteiger partial charge on any atom is -0.347 e. The lowest BCUT2D eigenvalue weighted by atomic mass is 9.98. The number of carbonyl (C=O) groups is 2. The maximum Gasteiger partial charge on any atom is 0.313 e. The van der Waals surface area contributed by atoms with E-state index in [0.29, 0.717) is 12.5 Å². The van der Waals surface area contributed by atoms with Crippen LogP contribution in [0.15, 0.2) is 24.3 Å². The van der Waals surface area contributed by atoms with E-state index < -0.39 is 17.6 Å². The number of piperidine rings is 1. The molecule has 0 bridgehead atoms. The van der Waals surface area contributed by atoms with Gasteiger partial charge in [-0.2, -0.15) is 0 Å². The maximum atomic E-state index is 13.1. The van der Waals surface area contributed by atoms with Crippen molar-refractivity contribution in [2.24, 2.45) is 5.92 Å². The number of likely N-dealkylation sites (tertiary alicyclic amines) is 1. The normalized spacial score (nSPS) is 18.4. The van der Waals surface area contributed by atoms with E-state index in [9.17, 15) is 14.0 Å². The molecule has 0 saturated carbocycles. The van der Waals surface area contributed by atoms with Crippen LogP contribution >= 0.6 is 0 Å². The summed E-state index contributed by atoms with van der Waals surface area (Å²) in [5.41, 5.74) is 0.275. The van der Waals surface area contributed by atoms with Crippen molar-refractivity contribution in [1.29, 1.82) is 0 Å². The van der Waals surface area contributed by atoms with Crippen molar-refractivity contribution in [3.8, 4) is 0 Å². The number of hydrogen-bond donors (Lipinski definition) is 2. The number of nitrogens with one attached hydrogen (secondary N) is 2. The minimum atomic E-state index is -0.767. The van der Waals surface area contributed by atoms with Gasteiger partial charge in [-0.1, -0.05) is 13.0 Å². The highest BCUT2D eigenvalue weighted by molar-refractivity contribution is 6.39. The molecule has 0 spiro atoms. The van der Waals surface area contributed by atoms with Crippen LogP contribution in [-0.4, -0.2) is 42.9 Å². The van der Waals surface area contributed by atoms with E-state index in [4.69, 9.17) is 0 Å². The van der Waals surface area contributed by atoms with Gasteiger partial charge >= 0.3 is 11.8 Å². The molecule has 6 heteroatoms. The summed E-state index contributed by atoms with van der Waals surface area (Å²) in [4.78, 5) is 26.1. The highest BCUT2D eigenvalue weighted by Crippen LogP contribution is 2.15. The molecular formula is C17H24FN3O2. The molecule has 1 aliphatic heterocycles. The Morgan fingerprint density at radius 3 is 2.91 bits per heavy atom. The van der Waals surface area contributed by atoms with E-state index in [1.165, 1.54) is 24.3 Å². The lowest BCUT2D eigenvalue weighted by molar-refractivity contribution is -0.136. The second-order valence-electron chi connectivity index (χ2n) is 5.98. The van der Waals surface area contributed by atoms with Gasteiger partial charge in [0.15, 0.2) is 0 Å². The first-order chi connectivity index (χ1) is 11.1. The molecule has 23 heavy (non-hydrogen) atoms. The van der Waals surface area contributed by atoms with Gasteiger partial charge in [0.25, 0.3) is 0 Å². The third kappa shape index (κ3) is 5.63. The molecule has 1 atom stereocenters. The monoisotopic (exact) mass is 321 g/mol. The van der Waals surface area contributed by atoms with Crippen LogP contribution in [0.3, 0.4) is 0 Å². The maximum absolute atomic E-state index is 13.1. The second kappa shape index (κ2) is 8.62. The zero-order chi connectivity index (χ0) is 16.7. The molecular weight excluding hydrogens is 297 g/mol. The molecule has 0 aromatic heterocycles. The molecule has 1 saturated heterocycles. The third-order valence-electron chi connectivity index (χ3n) is 3.98. The summed E-state index contributed by atoms with van der Waals surface area (Å²) in [6, 6.07) is 5.47. The summed E-state index contributed by atoms with van der Waals surface area (Å²) in [5, 5.41) is 5.08. The van der Waals surface area contributed by atoms with Gasteiger partial charge in [0.2, 0.25) is 0 Å². The van der Waals surface area contributed by atoms with Crippen molar-refractivity contribution in [2.45, 2.75) is 26.2 Å². The highest BCUT2D eigenvalue weighted by atomic mass is 19.1. The Bertz CT molecular complexity index is 548. The number of carbonyl (C=O) groups excluding carboxylic acids is 2. The Labute approximate surface area is 136 Å². The minimum absolute atomic E-state index is 0.275. The fraction of sp³-hybridized carbons (Fsp3) is 0.529. The Hall–Kier alpha value is -1.95. The lowest BCUT2D eigenvalue weighted by Crippen LogP contribution is -2.43. The number of anilines is 1. The molecule has 1 aromatic rings. The van der Waals surface area contributed by atoms with Crippen LogP contribution in [-0.2, 0) is 9.59 Å². The van der Waals surface area contributed by atoms with Gasteiger partial charge in [-0.15, -0.1) is 0 Å². The zero-order valence-corrected chi connectivity index (χ0v) is 13.5. The SMILES string of the molecule is CCCN1CCC[C@@H](CNC(=O)C(=O)Nc2cccc(F)c2)C1. The summed E-state index contributed by atoms with van der Waals surface area (Å²) in [5.74, 6) is -1.53. The van der Waals surface area contributed by atoms with Crippen LogP contribution < -0.4 is 10.6 Å². The van der Waals surface area contributed by atoms with Crippen LogP contribution in [0.5, 0.6) is 0 Å². The predicted molar refractivity (Wildman–Crippen MR) is 87.5 cm³/mol. The van der Waals surface area contributed by atoms with Gasteiger partial charge < -0.3 is 15.5 Å². The van der Waals surface area contributed by atoms with E-state index in [1.807, 2.05) is 0 Å². The first kappa shape index (κ1) is 17.4. The Morgan fingerprint density at radius 2 is 2.17 bits per heavy atom. The number of hydrogen-bond acceptors (Lipinski definition) is 3. The number of halogens is 1. The molecule has 5 nitrogen and oxygen atoms in total. The molecule has 2 amide bonds. The molecule has 0 unspecified atom stereocenters. The van der Waals surface area contributed by atoms with Crippen molar-refractivity contribution in [3.63, 3.8) is 0 Å². The Morgan fingerprint density at radius 1 is 1.35 bits per heavy atom. The topological polar surface area (TPSA) is 61.4 Å². The van der Waals surface area contributed by atoms with Crippen LogP contribution in [0.4, 0.5) is 10.1 Å². The van der Waals surface area contributed by atoms with Crippen LogP contribution in [0, 0.1) is 11.7 Å². The summed E-state index contributed by atoms with van der Waals surface area (Å²) >= 11 is 0. The van der Waals surface area contributed by atoms with E-state index in [-0.39, 0.29) is 5.69 Å². The fourth-order valence-electron chi connectivity index (χ4n) is 2.91. The van der Waals surface area contributed by atoms with Crippen molar-refractivity contribution in [2.75, 3.05) is 31.5 Å². The Balaban J connectivity index is 1.76. The van der Waals surface area contributed by atoms with Crippen molar-refractivity contribution in [1.82, 2.24) is 10.2 Å². The number of nitrogens with zero attached hydrogens (tertiary/aromatic N) is 1. The van der Waals surface area contributed by atoms with Crippen LogP contribution in [0.25, 0.3) is 0 Å². The van der Waals surface area contributed by atoms with Gasteiger partial charge in [-0.25, -0.2) is 4.39 Å². The molecule has 1 fully saturated rings. The van der Waals surface area contributed by atoms with Gasteiger partial charge in [0.05, 0.1) is 0 Å². The molecule has 2 N–H and O–H groups in total. The largest absolute Gasteiger partial charge is 0.347 e. The number of rotatable bonds is 5. The van der Waals surface area contributed by atoms with Crippen LogP contribution in [0.2, 0.25) is 0 Å². The third-order valence-corrected chi connectivity index (χ3v) is 3.98. The second-order valence-corrected chi connectivity index (χ2v) is 5.98. The van der Waals surface area contributed by atoms with Crippen molar-refractivity contribution >= 4 is 17.5 Å². The van der Waals surface area contributed by atoms with E-state index >= 15 is 0 Å². The highest BCUT2D eigenvalue weighted by Gasteiger charge is 2.21. The summed E-state index contributed by atoms with van der Waals surface area (Å²) < 4.78 is 13.1. The molecule has 0 aliphatic carbocycles. The van der Waals surface area contributed by atoms with Gasteiger partial charge in [0, 0.05) is 18.8 Å². The first-order valence-corrected chi connectivity index (χ1v) is 8.15. The van der Waals surface area contributed by atoms with E-state index in [0.717, 1.165) is 38.9 Å².